The number of carbonyl (C=O) groups excluding carboxylic acids is 3. The van der Waals surface area contributed by atoms with Crippen molar-refractivity contribution in [3.8, 4) is 0 Å². The van der Waals surface area contributed by atoms with Crippen molar-refractivity contribution in [1.29, 1.82) is 0 Å². The van der Waals surface area contributed by atoms with Crippen molar-refractivity contribution in [2.24, 2.45) is 0 Å². The number of hydrogen-bond acceptors (Lipinski definition) is 3. The van der Waals surface area contributed by atoms with Crippen molar-refractivity contribution in [2.75, 3.05) is 9.80 Å². The summed E-state index contributed by atoms with van der Waals surface area (Å²) in [6.45, 7) is 3.97. The highest BCUT2D eigenvalue weighted by atomic mass is 16.2. The zero-order valence-corrected chi connectivity index (χ0v) is 27.8. The predicted molar refractivity (Wildman–Crippen MR) is 198 cm³/mol. The molecule has 0 bridgehead atoms. The molecule has 0 N–H and O–H groups in total. The van der Waals surface area contributed by atoms with Crippen molar-refractivity contribution < 1.29 is 14.4 Å². The molecule has 0 aromatic heterocycles. The van der Waals surface area contributed by atoms with Crippen LogP contribution in [0.25, 0.3) is 5.70 Å². The SMILES string of the molecule is Cc1ccc(N2C(=O)C3(C(C(=O)c4ccccc4)=C2c2ccccc2)N(c2ccc(C)cc2)C(=O)C3(c2ccccc2)c2ccccc2)cc1. The number of Topliss-reactive ketones (excluding diaryl/α,β-unsaturated/α-hetero) is 1. The molecule has 6 aromatic carbocycles. The largest absolute Gasteiger partial charge is 0.290 e. The van der Waals surface area contributed by atoms with Crippen molar-refractivity contribution in [3.05, 3.63) is 209 Å². The Morgan fingerprint density at radius 1 is 0.500 bits per heavy atom. The fourth-order valence-electron chi connectivity index (χ4n) is 7.83. The normalized spacial score (nSPS) is 18.0. The predicted octanol–water partition coefficient (Wildman–Crippen LogP) is 8.72. The highest BCUT2D eigenvalue weighted by Gasteiger charge is 2.82. The zero-order valence-electron chi connectivity index (χ0n) is 27.8. The number of ketones is 1. The molecule has 0 radical (unpaired) electrons. The average Bonchev–Trinajstić information content (AvgIpc) is 3.44. The Balaban J connectivity index is 1.59. The fourth-order valence-corrected chi connectivity index (χ4v) is 7.83. The monoisotopic (exact) mass is 650 g/mol. The second-order valence-electron chi connectivity index (χ2n) is 12.9. The van der Waals surface area contributed by atoms with E-state index in [0.717, 1.165) is 11.1 Å². The molecule has 1 spiro atoms. The van der Waals surface area contributed by atoms with Gasteiger partial charge in [0.25, 0.3) is 5.91 Å². The third kappa shape index (κ3) is 4.30. The summed E-state index contributed by atoms with van der Waals surface area (Å²) in [7, 11) is 0. The Labute approximate surface area is 291 Å². The molecular weight excluding hydrogens is 617 g/mol. The van der Waals surface area contributed by atoms with E-state index < -0.39 is 11.0 Å². The van der Waals surface area contributed by atoms with Crippen LogP contribution in [-0.2, 0) is 15.0 Å². The Morgan fingerprint density at radius 2 is 0.940 bits per heavy atom. The van der Waals surface area contributed by atoms with E-state index in [1.165, 1.54) is 0 Å². The van der Waals surface area contributed by atoms with Gasteiger partial charge in [-0.1, -0.05) is 157 Å². The van der Waals surface area contributed by atoms with Crippen LogP contribution in [-0.4, -0.2) is 23.1 Å². The van der Waals surface area contributed by atoms with E-state index >= 15 is 14.4 Å². The lowest BCUT2D eigenvalue weighted by atomic mass is 9.50. The Kier molecular flexibility index (Phi) is 7.41. The number of carbonyl (C=O) groups is 3. The first-order valence-electron chi connectivity index (χ1n) is 16.7. The van der Waals surface area contributed by atoms with E-state index in [4.69, 9.17) is 0 Å². The van der Waals surface area contributed by atoms with Crippen LogP contribution in [0.5, 0.6) is 0 Å². The molecular formula is C45H34N2O3. The summed E-state index contributed by atoms with van der Waals surface area (Å²) in [6.07, 6.45) is 0. The smallest absolute Gasteiger partial charge is 0.264 e. The molecule has 242 valence electrons. The van der Waals surface area contributed by atoms with Crippen LogP contribution in [0, 0.1) is 13.8 Å². The Morgan fingerprint density at radius 3 is 1.44 bits per heavy atom. The van der Waals surface area contributed by atoms with E-state index in [-0.39, 0.29) is 23.2 Å². The first-order valence-corrected chi connectivity index (χ1v) is 16.7. The van der Waals surface area contributed by atoms with E-state index in [1.54, 1.807) is 21.9 Å². The summed E-state index contributed by atoms with van der Waals surface area (Å²) < 4.78 is 0. The summed E-state index contributed by atoms with van der Waals surface area (Å²) >= 11 is 0. The van der Waals surface area contributed by atoms with Crippen LogP contribution in [0.3, 0.4) is 0 Å². The summed E-state index contributed by atoms with van der Waals surface area (Å²) in [5, 5.41) is 0. The van der Waals surface area contributed by atoms with Gasteiger partial charge in [0.15, 0.2) is 11.3 Å². The van der Waals surface area contributed by atoms with Gasteiger partial charge in [-0.15, -0.1) is 0 Å². The molecule has 5 heteroatoms. The number of rotatable bonds is 7. The molecule has 1 atom stereocenters. The van der Waals surface area contributed by atoms with E-state index in [0.29, 0.717) is 39.3 Å². The Hall–Kier alpha value is -6.33. The van der Waals surface area contributed by atoms with E-state index in [9.17, 15) is 0 Å². The summed E-state index contributed by atoms with van der Waals surface area (Å²) in [5.74, 6) is -0.996. The molecule has 1 saturated heterocycles. The van der Waals surface area contributed by atoms with Crippen molar-refractivity contribution in [3.63, 3.8) is 0 Å². The average molecular weight is 651 g/mol. The molecule has 2 amide bonds. The topological polar surface area (TPSA) is 57.7 Å². The molecule has 2 aliphatic heterocycles. The number of hydrogen-bond donors (Lipinski definition) is 0. The Bertz CT molecular complexity index is 2230. The maximum atomic E-state index is 16.2. The molecule has 50 heavy (non-hydrogen) atoms. The second kappa shape index (κ2) is 12.0. The van der Waals surface area contributed by atoms with Gasteiger partial charge in [0.05, 0.1) is 11.3 Å². The van der Waals surface area contributed by atoms with Crippen LogP contribution in [0.2, 0.25) is 0 Å². The maximum Gasteiger partial charge on any atom is 0.264 e. The van der Waals surface area contributed by atoms with Gasteiger partial charge in [-0.25, -0.2) is 0 Å². The highest BCUT2D eigenvalue weighted by molar-refractivity contribution is 6.39. The minimum absolute atomic E-state index is 0.244. The lowest BCUT2D eigenvalue weighted by Gasteiger charge is -2.63. The second-order valence-corrected chi connectivity index (χ2v) is 12.9. The van der Waals surface area contributed by atoms with Gasteiger partial charge in [0.2, 0.25) is 5.91 Å². The number of β-lactam (4-membered cyclic amide) rings is 1. The van der Waals surface area contributed by atoms with Gasteiger partial charge >= 0.3 is 0 Å². The molecule has 2 aliphatic rings. The van der Waals surface area contributed by atoms with Crippen molar-refractivity contribution in [1.82, 2.24) is 0 Å². The first-order chi connectivity index (χ1) is 24.4. The number of amides is 2. The van der Waals surface area contributed by atoms with Gasteiger partial charge in [0.1, 0.15) is 5.41 Å². The number of nitrogens with zero attached hydrogens (tertiary/aromatic N) is 2. The van der Waals surface area contributed by atoms with Crippen LogP contribution in [0.1, 0.15) is 38.2 Å². The highest BCUT2D eigenvalue weighted by Crippen LogP contribution is 2.64. The van der Waals surface area contributed by atoms with Crippen LogP contribution in [0.15, 0.2) is 175 Å². The van der Waals surface area contributed by atoms with Gasteiger partial charge in [-0.05, 0) is 54.8 Å². The van der Waals surface area contributed by atoms with Crippen molar-refractivity contribution >= 4 is 34.7 Å². The first kappa shape index (κ1) is 31.0. The number of aryl methyl sites for hydroxylation is 2. The molecule has 1 unspecified atom stereocenters. The maximum absolute atomic E-state index is 16.2. The van der Waals surface area contributed by atoms with E-state index in [1.807, 2.05) is 172 Å². The van der Waals surface area contributed by atoms with Crippen molar-refractivity contribution in [2.45, 2.75) is 24.8 Å². The molecule has 8 rings (SSSR count). The minimum atomic E-state index is -1.83. The third-order valence-electron chi connectivity index (χ3n) is 10.0. The molecule has 0 saturated carbocycles. The standard InChI is InChI=1S/C45H34N2O3/c1-31-23-27-37(28-24-31)46-40(33-15-7-3-8-16-33)39(41(48)34-17-9-4-10-18-34)45(43(46)50)44(35-19-11-5-12-20-35,36-21-13-6-14-22-36)42(49)47(45)38-29-25-32(2)26-30-38/h3-30H,1-2H3. The van der Waals surface area contributed by atoms with Crippen LogP contribution >= 0.6 is 0 Å². The van der Waals surface area contributed by atoms with E-state index in [2.05, 4.69) is 0 Å². The third-order valence-corrected chi connectivity index (χ3v) is 10.0. The molecule has 2 heterocycles. The van der Waals surface area contributed by atoms with Crippen LogP contribution < -0.4 is 9.80 Å². The number of benzene rings is 6. The molecule has 1 fully saturated rings. The number of anilines is 2. The summed E-state index contributed by atoms with van der Waals surface area (Å²) in [6, 6.07) is 52.8. The lowest BCUT2D eigenvalue weighted by molar-refractivity contribution is -0.142. The molecule has 0 aliphatic carbocycles. The minimum Gasteiger partial charge on any atom is -0.290 e. The summed E-state index contributed by atoms with van der Waals surface area (Å²) in [5.41, 5.74) is 2.82. The van der Waals surface area contributed by atoms with Gasteiger partial charge in [0, 0.05) is 16.9 Å². The van der Waals surface area contributed by atoms with Gasteiger partial charge < -0.3 is 0 Å². The quantitative estimate of drug-likeness (QED) is 0.128. The van der Waals surface area contributed by atoms with Crippen LogP contribution in [0.4, 0.5) is 11.4 Å². The molecule has 6 aromatic rings. The fraction of sp³-hybridized carbons (Fsp3) is 0.0889. The van der Waals surface area contributed by atoms with Gasteiger partial charge in [-0.3, -0.25) is 24.2 Å². The summed E-state index contributed by atoms with van der Waals surface area (Å²) in [4.78, 5) is 50.5. The lowest BCUT2D eigenvalue weighted by Crippen LogP contribution is -2.85. The molecule has 5 nitrogen and oxygen atoms in total. The zero-order chi connectivity index (χ0) is 34.5. The van der Waals surface area contributed by atoms with Gasteiger partial charge in [-0.2, -0.15) is 0 Å².